The van der Waals surface area contributed by atoms with E-state index in [9.17, 15) is 4.79 Å². The van der Waals surface area contributed by atoms with Crippen molar-refractivity contribution >= 4 is 11.8 Å². The van der Waals surface area contributed by atoms with E-state index < -0.39 is 11.7 Å². The molecule has 1 radical (unpaired) electrons. The summed E-state index contributed by atoms with van der Waals surface area (Å²) in [6.45, 7) is 6.36. The van der Waals surface area contributed by atoms with Crippen molar-refractivity contribution in [2.45, 2.75) is 26.4 Å². The predicted octanol–water partition coefficient (Wildman–Crippen LogP) is 2.92. The van der Waals surface area contributed by atoms with E-state index in [1.165, 1.54) is 0 Å². The number of amides is 1. The van der Waals surface area contributed by atoms with Gasteiger partial charge in [0.2, 0.25) is 0 Å². The van der Waals surface area contributed by atoms with E-state index >= 15 is 0 Å². The maximum Gasteiger partial charge on any atom is 0.412 e. The maximum absolute atomic E-state index is 11.4. The van der Waals surface area contributed by atoms with Gasteiger partial charge in [-0.05, 0) is 38.5 Å². The van der Waals surface area contributed by atoms with Crippen LogP contribution in [0.3, 0.4) is 0 Å². The molecular formula is C12H16NO3. The summed E-state index contributed by atoms with van der Waals surface area (Å²) in [7, 11) is 0. The van der Waals surface area contributed by atoms with Crippen molar-refractivity contribution < 1.29 is 14.6 Å². The molecule has 4 nitrogen and oxygen atoms in total. The Morgan fingerprint density at radius 1 is 1.44 bits per heavy atom. The van der Waals surface area contributed by atoms with E-state index in [0.717, 1.165) is 6.61 Å². The third kappa shape index (κ3) is 4.31. The van der Waals surface area contributed by atoms with Crippen LogP contribution in [0.1, 0.15) is 26.3 Å². The van der Waals surface area contributed by atoms with Gasteiger partial charge in [0.1, 0.15) is 12.2 Å². The minimum absolute atomic E-state index is 0.511. The largest absolute Gasteiger partial charge is 0.444 e. The first-order valence-corrected chi connectivity index (χ1v) is 4.98. The zero-order valence-corrected chi connectivity index (χ0v) is 9.65. The summed E-state index contributed by atoms with van der Waals surface area (Å²) < 4.78 is 5.09. The third-order valence-corrected chi connectivity index (χ3v) is 1.68. The van der Waals surface area contributed by atoms with Gasteiger partial charge in [-0.25, -0.2) is 4.79 Å². The standard InChI is InChI=1S/C12H16NO3/c1-12(2,3)16-11(15)13-10-6-4-5-9(7-10)8-14/h4-8,14H,1-3H3,(H,13,15). The van der Waals surface area contributed by atoms with Crippen molar-refractivity contribution in [3.63, 3.8) is 0 Å². The van der Waals surface area contributed by atoms with E-state index in [2.05, 4.69) is 5.32 Å². The van der Waals surface area contributed by atoms with Gasteiger partial charge in [-0.1, -0.05) is 12.1 Å². The van der Waals surface area contributed by atoms with Crippen LogP contribution in [0.25, 0.3) is 0 Å². The van der Waals surface area contributed by atoms with Crippen LogP contribution >= 0.6 is 0 Å². The number of hydrogen-bond acceptors (Lipinski definition) is 3. The van der Waals surface area contributed by atoms with Crippen LogP contribution in [-0.2, 0) is 4.74 Å². The lowest BCUT2D eigenvalue weighted by Gasteiger charge is -2.19. The second kappa shape index (κ2) is 4.99. The van der Waals surface area contributed by atoms with Gasteiger partial charge in [0, 0.05) is 5.69 Å². The molecule has 0 aliphatic heterocycles. The highest BCUT2D eigenvalue weighted by Crippen LogP contribution is 2.13. The molecular weight excluding hydrogens is 206 g/mol. The smallest absolute Gasteiger partial charge is 0.412 e. The first-order valence-electron chi connectivity index (χ1n) is 4.98. The fraction of sp³-hybridized carbons (Fsp3) is 0.333. The van der Waals surface area contributed by atoms with Crippen molar-refractivity contribution in [2.75, 3.05) is 5.32 Å². The van der Waals surface area contributed by atoms with E-state index in [0.29, 0.717) is 11.3 Å². The second-order valence-corrected chi connectivity index (χ2v) is 4.38. The molecule has 87 valence electrons. The number of rotatable bonds is 2. The van der Waals surface area contributed by atoms with Gasteiger partial charge in [0.05, 0.1) is 0 Å². The molecule has 16 heavy (non-hydrogen) atoms. The molecule has 0 unspecified atom stereocenters. The normalized spacial score (nSPS) is 11.0. The Balaban J connectivity index is 2.62. The predicted molar refractivity (Wildman–Crippen MR) is 61.6 cm³/mol. The lowest BCUT2D eigenvalue weighted by Crippen LogP contribution is -2.27. The summed E-state index contributed by atoms with van der Waals surface area (Å²) in [4.78, 5) is 11.4. The molecule has 0 heterocycles. The topological polar surface area (TPSA) is 58.6 Å². The summed E-state index contributed by atoms with van der Waals surface area (Å²) in [6.07, 6.45) is -0.511. The lowest BCUT2D eigenvalue weighted by atomic mass is 10.2. The molecule has 0 atom stereocenters. The number of ether oxygens (including phenoxy) is 1. The van der Waals surface area contributed by atoms with Crippen LogP contribution in [0.4, 0.5) is 10.5 Å². The van der Waals surface area contributed by atoms with Gasteiger partial charge in [-0.15, -0.1) is 0 Å². The lowest BCUT2D eigenvalue weighted by molar-refractivity contribution is 0.0636. The number of hydrogen-bond donors (Lipinski definition) is 2. The van der Waals surface area contributed by atoms with Crippen molar-refractivity contribution in [3.05, 3.63) is 36.4 Å². The summed E-state index contributed by atoms with van der Waals surface area (Å²) in [5.41, 5.74) is 0.677. The van der Waals surface area contributed by atoms with Gasteiger partial charge in [0.25, 0.3) is 0 Å². The van der Waals surface area contributed by atoms with Crippen LogP contribution in [0, 0.1) is 6.61 Å². The molecule has 1 amide bonds. The SMILES string of the molecule is CC(C)(C)OC(=O)Nc1cccc([CH]O)c1. The summed E-state index contributed by atoms with van der Waals surface area (Å²) in [5.74, 6) is 0. The van der Waals surface area contributed by atoms with E-state index in [-0.39, 0.29) is 0 Å². The monoisotopic (exact) mass is 222 g/mol. The fourth-order valence-corrected chi connectivity index (χ4v) is 1.12. The average Bonchev–Trinajstić information content (AvgIpc) is 2.15. The Labute approximate surface area is 95.2 Å². The summed E-state index contributed by atoms with van der Waals surface area (Å²) in [5, 5.41) is 11.4. The summed E-state index contributed by atoms with van der Waals surface area (Å²) >= 11 is 0. The Bertz CT molecular complexity index is 369. The first-order chi connectivity index (χ1) is 7.40. The second-order valence-electron chi connectivity index (χ2n) is 4.38. The highest BCUT2D eigenvalue weighted by Gasteiger charge is 2.16. The van der Waals surface area contributed by atoms with Crippen LogP contribution in [0.5, 0.6) is 0 Å². The van der Waals surface area contributed by atoms with E-state index in [1.54, 1.807) is 45.0 Å². The minimum atomic E-state index is -0.523. The number of aliphatic hydroxyl groups excluding tert-OH is 1. The van der Waals surface area contributed by atoms with E-state index in [1.807, 2.05) is 0 Å². The third-order valence-electron chi connectivity index (χ3n) is 1.68. The molecule has 0 aliphatic carbocycles. The van der Waals surface area contributed by atoms with Crippen LogP contribution in [0.15, 0.2) is 24.3 Å². The number of aliphatic hydroxyl groups is 1. The molecule has 1 rings (SSSR count). The molecule has 0 saturated carbocycles. The Hall–Kier alpha value is -1.55. The van der Waals surface area contributed by atoms with Gasteiger partial charge in [-0.3, -0.25) is 5.32 Å². The Morgan fingerprint density at radius 2 is 2.12 bits per heavy atom. The first kappa shape index (κ1) is 12.5. The van der Waals surface area contributed by atoms with Crippen LogP contribution in [-0.4, -0.2) is 16.8 Å². The van der Waals surface area contributed by atoms with Crippen molar-refractivity contribution in [1.29, 1.82) is 0 Å². The Morgan fingerprint density at radius 3 is 2.69 bits per heavy atom. The molecule has 0 saturated heterocycles. The molecule has 0 aliphatic rings. The van der Waals surface area contributed by atoms with Gasteiger partial charge >= 0.3 is 6.09 Å². The van der Waals surface area contributed by atoms with Crippen molar-refractivity contribution in [3.8, 4) is 0 Å². The Kier molecular flexibility index (Phi) is 3.90. The zero-order valence-electron chi connectivity index (χ0n) is 9.65. The maximum atomic E-state index is 11.4. The molecule has 0 aromatic heterocycles. The number of nitrogens with one attached hydrogen (secondary N) is 1. The van der Waals surface area contributed by atoms with Gasteiger partial charge in [-0.2, -0.15) is 0 Å². The average molecular weight is 222 g/mol. The number of carbonyl (C=O) groups is 1. The zero-order chi connectivity index (χ0) is 12.2. The number of anilines is 1. The summed E-state index contributed by atoms with van der Waals surface area (Å²) in [6, 6.07) is 6.82. The molecule has 1 aromatic carbocycles. The minimum Gasteiger partial charge on any atom is -0.444 e. The van der Waals surface area contributed by atoms with E-state index in [4.69, 9.17) is 9.84 Å². The van der Waals surface area contributed by atoms with Crippen LogP contribution < -0.4 is 5.32 Å². The highest BCUT2D eigenvalue weighted by atomic mass is 16.6. The van der Waals surface area contributed by atoms with Crippen molar-refractivity contribution in [1.82, 2.24) is 0 Å². The molecule has 0 spiro atoms. The van der Waals surface area contributed by atoms with Crippen LogP contribution in [0.2, 0.25) is 0 Å². The van der Waals surface area contributed by atoms with Gasteiger partial charge < -0.3 is 9.84 Å². The highest BCUT2D eigenvalue weighted by molar-refractivity contribution is 5.84. The quantitative estimate of drug-likeness (QED) is 0.808. The van der Waals surface area contributed by atoms with Gasteiger partial charge in [0.15, 0.2) is 0 Å². The molecule has 0 fully saturated rings. The molecule has 1 aromatic rings. The van der Waals surface area contributed by atoms with Crippen molar-refractivity contribution in [2.24, 2.45) is 0 Å². The number of carbonyl (C=O) groups excluding carboxylic acids is 1. The molecule has 2 N–H and O–H groups in total. The number of benzene rings is 1. The molecule has 4 heteroatoms. The fourth-order valence-electron chi connectivity index (χ4n) is 1.12. The molecule has 0 bridgehead atoms.